The van der Waals surface area contributed by atoms with E-state index in [1.54, 1.807) is 0 Å². The molecule has 0 saturated carbocycles. The Morgan fingerprint density at radius 2 is 1.62 bits per heavy atom. The summed E-state index contributed by atoms with van der Waals surface area (Å²) in [5.41, 5.74) is 0. The highest BCUT2D eigenvalue weighted by Crippen LogP contribution is 2.26. The highest BCUT2D eigenvalue weighted by molar-refractivity contribution is 5.81. The first-order valence-corrected chi connectivity index (χ1v) is 8.09. The first-order chi connectivity index (χ1) is 10.3. The number of hydrogen-bond acceptors (Lipinski definition) is 5. The Morgan fingerprint density at radius 3 is 2.24 bits per heavy atom. The van der Waals surface area contributed by atoms with Gasteiger partial charge in [0.05, 0.1) is 32.5 Å². The van der Waals surface area contributed by atoms with Crippen molar-refractivity contribution in [1.82, 2.24) is 9.80 Å². The predicted octanol–water partition coefficient (Wildman–Crippen LogP) is 0.319. The third-order valence-electron chi connectivity index (χ3n) is 4.83. The summed E-state index contributed by atoms with van der Waals surface area (Å²) in [6, 6.07) is -0.0329. The minimum absolute atomic E-state index is 0.0163. The Morgan fingerprint density at radius 1 is 1.00 bits per heavy atom. The van der Waals surface area contributed by atoms with Gasteiger partial charge in [0.1, 0.15) is 0 Å². The summed E-state index contributed by atoms with van der Waals surface area (Å²) in [5, 5.41) is 0. The predicted molar refractivity (Wildman–Crippen MR) is 76.9 cm³/mol. The summed E-state index contributed by atoms with van der Waals surface area (Å²) >= 11 is 0. The van der Waals surface area contributed by atoms with Crippen molar-refractivity contribution in [2.24, 2.45) is 5.92 Å². The van der Waals surface area contributed by atoms with Crippen molar-refractivity contribution in [3.8, 4) is 0 Å². The number of carbonyl (C=O) groups excluding carboxylic acids is 1. The molecular weight excluding hydrogens is 272 g/mol. The molecule has 0 bridgehead atoms. The van der Waals surface area contributed by atoms with Gasteiger partial charge in [-0.25, -0.2) is 0 Å². The standard InChI is InChI=1S/C15H26N2O4/c1-12(14(18)17-6-8-19-9-7-17)16-4-2-13(3-5-16)15-20-10-11-21-15/h12-13,15H,2-11H2,1H3. The summed E-state index contributed by atoms with van der Waals surface area (Å²) in [6.45, 7) is 8.14. The second-order valence-electron chi connectivity index (χ2n) is 6.10. The molecule has 3 fully saturated rings. The maximum Gasteiger partial charge on any atom is 0.239 e. The number of hydrogen-bond donors (Lipinski definition) is 0. The van der Waals surface area contributed by atoms with Gasteiger partial charge in [0.25, 0.3) is 0 Å². The first kappa shape index (κ1) is 15.2. The van der Waals surface area contributed by atoms with Gasteiger partial charge in [0, 0.05) is 19.0 Å². The number of rotatable bonds is 3. The second-order valence-corrected chi connectivity index (χ2v) is 6.10. The van der Waals surface area contributed by atoms with Crippen molar-refractivity contribution in [3.63, 3.8) is 0 Å². The third-order valence-corrected chi connectivity index (χ3v) is 4.83. The van der Waals surface area contributed by atoms with E-state index in [0.29, 0.717) is 19.1 Å². The van der Waals surface area contributed by atoms with E-state index < -0.39 is 0 Å². The Kier molecular flexibility index (Phi) is 5.11. The number of morpholine rings is 1. The smallest absolute Gasteiger partial charge is 0.239 e. The van der Waals surface area contributed by atoms with Crippen molar-refractivity contribution in [1.29, 1.82) is 0 Å². The quantitative estimate of drug-likeness (QED) is 0.751. The van der Waals surface area contributed by atoms with E-state index in [4.69, 9.17) is 14.2 Å². The summed E-state index contributed by atoms with van der Waals surface area (Å²) in [7, 11) is 0. The highest BCUT2D eigenvalue weighted by atomic mass is 16.7. The minimum Gasteiger partial charge on any atom is -0.378 e. The molecule has 1 atom stereocenters. The van der Waals surface area contributed by atoms with E-state index in [-0.39, 0.29) is 18.2 Å². The van der Waals surface area contributed by atoms with Crippen LogP contribution < -0.4 is 0 Å². The lowest BCUT2D eigenvalue weighted by Gasteiger charge is -2.39. The molecule has 3 saturated heterocycles. The van der Waals surface area contributed by atoms with Gasteiger partial charge in [0.2, 0.25) is 5.91 Å². The third kappa shape index (κ3) is 3.56. The van der Waals surface area contributed by atoms with E-state index in [1.165, 1.54) is 0 Å². The lowest BCUT2D eigenvalue weighted by atomic mass is 9.95. The van der Waals surface area contributed by atoms with E-state index >= 15 is 0 Å². The Balaban J connectivity index is 1.47. The molecule has 0 aromatic carbocycles. The molecule has 0 aromatic heterocycles. The summed E-state index contributed by atoms with van der Waals surface area (Å²) in [5.74, 6) is 0.722. The summed E-state index contributed by atoms with van der Waals surface area (Å²) < 4.78 is 16.5. The van der Waals surface area contributed by atoms with Crippen LogP contribution in [0, 0.1) is 5.92 Å². The number of ether oxygens (including phenoxy) is 3. The van der Waals surface area contributed by atoms with Gasteiger partial charge < -0.3 is 19.1 Å². The van der Waals surface area contributed by atoms with Crippen molar-refractivity contribution in [3.05, 3.63) is 0 Å². The molecule has 6 nitrogen and oxygen atoms in total. The monoisotopic (exact) mass is 298 g/mol. The van der Waals surface area contributed by atoms with E-state index in [9.17, 15) is 4.79 Å². The second kappa shape index (κ2) is 7.05. The molecular formula is C15H26N2O4. The fraction of sp³-hybridized carbons (Fsp3) is 0.933. The van der Waals surface area contributed by atoms with Gasteiger partial charge in [-0.05, 0) is 32.9 Å². The van der Waals surface area contributed by atoms with Crippen LogP contribution in [0.4, 0.5) is 0 Å². The van der Waals surface area contributed by atoms with Crippen LogP contribution in [-0.2, 0) is 19.0 Å². The van der Waals surface area contributed by atoms with Crippen LogP contribution in [0.3, 0.4) is 0 Å². The summed E-state index contributed by atoms with van der Waals surface area (Å²) in [4.78, 5) is 16.7. The maximum atomic E-state index is 12.5. The molecule has 3 heterocycles. The Hall–Kier alpha value is -0.690. The molecule has 0 aliphatic carbocycles. The molecule has 21 heavy (non-hydrogen) atoms. The molecule has 1 amide bonds. The average molecular weight is 298 g/mol. The summed E-state index contributed by atoms with van der Waals surface area (Å²) in [6.07, 6.45) is 2.08. The minimum atomic E-state index is -0.0329. The van der Waals surface area contributed by atoms with Crippen LogP contribution in [0.2, 0.25) is 0 Å². The van der Waals surface area contributed by atoms with Gasteiger partial charge in [0.15, 0.2) is 6.29 Å². The SMILES string of the molecule is CC(C(=O)N1CCOCC1)N1CCC(C2OCCO2)CC1. The van der Waals surface area contributed by atoms with Crippen molar-refractivity contribution in [2.45, 2.75) is 32.1 Å². The van der Waals surface area contributed by atoms with E-state index in [2.05, 4.69) is 4.90 Å². The zero-order chi connectivity index (χ0) is 14.7. The first-order valence-electron chi connectivity index (χ1n) is 8.09. The van der Waals surface area contributed by atoms with E-state index in [1.807, 2.05) is 11.8 Å². The normalized spacial score (nSPS) is 28.0. The number of likely N-dealkylation sites (tertiary alicyclic amines) is 1. The molecule has 0 N–H and O–H groups in total. The zero-order valence-corrected chi connectivity index (χ0v) is 12.8. The van der Waals surface area contributed by atoms with E-state index in [0.717, 1.165) is 52.2 Å². The fourth-order valence-electron chi connectivity index (χ4n) is 3.43. The number of piperidine rings is 1. The number of nitrogens with zero attached hydrogens (tertiary/aromatic N) is 2. The van der Waals surface area contributed by atoms with Gasteiger partial charge in [-0.3, -0.25) is 9.69 Å². The van der Waals surface area contributed by atoms with Crippen LogP contribution in [-0.4, -0.2) is 80.6 Å². The molecule has 3 rings (SSSR count). The zero-order valence-electron chi connectivity index (χ0n) is 12.8. The highest BCUT2D eigenvalue weighted by Gasteiger charge is 2.34. The van der Waals surface area contributed by atoms with Gasteiger partial charge >= 0.3 is 0 Å². The number of carbonyl (C=O) groups is 1. The van der Waals surface area contributed by atoms with Crippen molar-refractivity contribution >= 4 is 5.91 Å². The van der Waals surface area contributed by atoms with Crippen molar-refractivity contribution in [2.75, 3.05) is 52.6 Å². The van der Waals surface area contributed by atoms with Crippen molar-refractivity contribution < 1.29 is 19.0 Å². The lowest BCUT2D eigenvalue weighted by Crippen LogP contribution is -2.52. The van der Waals surface area contributed by atoms with Crippen LogP contribution in [0.25, 0.3) is 0 Å². The molecule has 1 unspecified atom stereocenters. The fourth-order valence-corrected chi connectivity index (χ4v) is 3.43. The van der Waals surface area contributed by atoms with Gasteiger partial charge in [-0.15, -0.1) is 0 Å². The Bertz CT molecular complexity index is 346. The topological polar surface area (TPSA) is 51.2 Å². The van der Waals surface area contributed by atoms with Crippen LogP contribution in [0.5, 0.6) is 0 Å². The van der Waals surface area contributed by atoms with Crippen LogP contribution in [0.15, 0.2) is 0 Å². The molecule has 3 aliphatic rings. The van der Waals surface area contributed by atoms with Gasteiger partial charge in [-0.2, -0.15) is 0 Å². The van der Waals surface area contributed by atoms with Crippen LogP contribution >= 0.6 is 0 Å². The van der Waals surface area contributed by atoms with Crippen LogP contribution in [0.1, 0.15) is 19.8 Å². The average Bonchev–Trinajstić information content (AvgIpc) is 3.09. The molecule has 3 aliphatic heterocycles. The molecule has 0 aromatic rings. The largest absolute Gasteiger partial charge is 0.378 e. The molecule has 120 valence electrons. The maximum absolute atomic E-state index is 12.5. The van der Waals surface area contributed by atoms with Gasteiger partial charge in [-0.1, -0.05) is 0 Å². The Labute approximate surface area is 126 Å². The molecule has 0 spiro atoms. The number of amides is 1. The lowest BCUT2D eigenvalue weighted by molar-refractivity contribution is -0.142. The molecule has 0 radical (unpaired) electrons. The molecule has 6 heteroatoms.